The number of nitrogens with zero attached hydrogens (tertiary/aromatic N) is 2. The van der Waals surface area contributed by atoms with Crippen molar-refractivity contribution in [1.29, 1.82) is 0 Å². The summed E-state index contributed by atoms with van der Waals surface area (Å²) in [5.74, 6) is 2.48. The van der Waals surface area contributed by atoms with Gasteiger partial charge in [0.25, 0.3) is 5.89 Å². The van der Waals surface area contributed by atoms with Crippen molar-refractivity contribution in [2.24, 2.45) is 0 Å². The Morgan fingerprint density at radius 2 is 1.68 bits per heavy atom. The van der Waals surface area contributed by atoms with E-state index in [4.69, 9.17) is 14.0 Å². The van der Waals surface area contributed by atoms with E-state index in [1.54, 1.807) is 7.11 Å². The minimum absolute atomic E-state index is 0.227. The number of methoxy groups -OCH3 is 1. The van der Waals surface area contributed by atoms with Gasteiger partial charge in [-0.3, -0.25) is 0 Å². The van der Waals surface area contributed by atoms with Crippen molar-refractivity contribution in [2.75, 3.05) is 7.11 Å². The monoisotopic (exact) mass is 360 g/mol. The number of ether oxygens (including phenoxy) is 2. The topological polar surface area (TPSA) is 57.4 Å². The summed E-state index contributed by atoms with van der Waals surface area (Å²) in [4.78, 5) is 4.32. The van der Waals surface area contributed by atoms with Crippen molar-refractivity contribution in [1.82, 2.24) is 10.1 Å². The first-order valence-electron chi connectivity index (χ1n) is 6.60. The largest absolute Gasteiger partial charge is 0.497 e. The van der Waals surface area contributed by atoms with Crippen molar-refractivity contribution >= 4 is 15.9 Å². The van der Waals surface area contributed by atoms with Crippen LogP contribution in [0.15, 0.2) is 57.5 Å². The van der Waals surface area contributed by atoms with Gasteiger partial charge in [0.05, 0.1) is 7.11 Å². The third-order valence-electron chi connectivity index (χ3n) is 2.99. The molecule has 0 aliphatic heterocycles. The van der Waals surface area contributed by atoms with Gasteiger partial charge in [-0.2, -0.15) is 4.98 Å². The van der Waals surface area contributed by atoms with E-state index in [1.165, 1.54) is 0 Å². The summed E-state index contributed by atoms with van der Waals surface area (Å²) in [6, 6.07) is 15.0. The Bertz CT molecular complexity index is 739. The molecule has 0 radical (unpaired) electrons. The molecule has 0 saturated carbocycles. The fraction of sp³-hybridized carbons (Fsp3) is 0.125. The summed E-state index contributed by atoms with van der Waals surface area (Å²) in [7, 11) is 1.63. The quantitative estimate of drug-likeness (QED) is 0.685. The van der Waals surface area contributed by atoms with E-state index in [-0.39, 0.29) is 6.61 Å². The summed E-state index contributed by atoms with van der Waals surface area (Å²) in [5, 5.41) is 3.95. The maximum absolute atomic E-state index is 5.60. The zero-order valence-electron chi connectivity index (χ0n) is 11.8. The molecule has 0 amide bonds. The van der Waals surface area contributed by atoms with Crippen LogP contribution in [-0.4, -0.2) is 17.3 Å². The highest BCUT2D eigenvalue weighted by Gasteiger charge is 2.09. The molecule has 2 aromatic carbocycles. The molecule has 0 saturated heterocycles. The minimum atomic E-state index is 0.227. The van der Waals surface area contributed by atoms with Crippen LogP contribution in [0.3, 0.4) is 0 Å². The maximum atomic E-state index is 5.60. The maximum Gasteiger partial charge on any atom is 0.264 e. The number of benzene rings is 2. The van der Waals surface area contributed by atoms with Crippen LogP contribution >= 0.6 is 15.9 Å². The second kappa shape index (κ2) is 6.62. The zero-order chi connectivity index (χ0) is 15.4. The van der Waals surface area contributed by atoms with E-state index < -0.39 is 0 Å². The molecule has 0 bridgehead atoms. The van der Waals surface area contributed by atoms with Gasteiger partial charge >= 0.3 is 0 Å². The molecule has 1 aromatic heterocycles. The van der Waals surface area contributed by atoms with Crippen molar-refractivity contribution < 1.29 is 14.0 Å². The van der Waals surface area contributed by atoms with Crippen LogP contribution < -0.4 is 9.47 Å². The standard InChI is InChI=1S/C16H13BrN2O3/c1-20-13-6-2-11(3-7-13)16-18-15(22-19-16)10-21-14-8-4-12(17)5-9-14/h2-9H,10H2,1H3. The van der Waals surface area contributed by atoms with Crippen molar-refractivity contribution in [2.45, 2.75) is 6.61 Å². The SMILES string of the molecule is COc1ccc(-c2noc(COc3ccc(Br)cc3)n2)cc1. The predicted molar refractivity (Wildman–Crippen MR) is 84.8 cm³/mol. The smallest absolute Gasteiger partial charge is 0.264 e. The lowest BCUT2D eigenvalue weighted by Gasteiger charge is -2.02. The summed E-state index contributed by atoms with van der Waals surface area (Å²) in [6.45, 7) is 0.227. The first-order chi connectivity index (χ1) is 10.7. The van der Waals surface area contributed by atoms with Crippen molar-refractivity contribution in [3.05, 3.63) is 58.9 Å². The van der Waals surface area contributed by atoms with Gasteiger partial charge in [0, 0.05) is 10.0 Å². The highest BCUT2D eigenvalue weighted by atomic mass is 79.9. The van der Waals surface area contributed by atoms with Gasteiger partial charge in [0.15, 0.2) is 6.61 Å². The first kappa shape index (κ1) is 14.6. The number of aromatic nitrogens is 2. The Kier molecular flexibility index (Phi) is 4.39. The fourth-order valence-corrected chi connectivity index (χ4v) is 2.11. The van der Waals surface area contributed by atoms with Gasteiger partial charge in [0.2, 0.25) is 5.82 Å². The van der Waals surface area contributed by atoms with Crippen LogP contribution in [0.2, 0.25) is 0 Å². The van der Waals surface area contributed by atoms with Crippen LogP contribution in [0.4, 0.5) is 0 Å². The van der Waals surface area contributed by atoms with Gasteiger partial charge in [0.1, 0.15) is 11.5 Å². The molecular weight excluding hydrogens is 348 g/mol. The Morgan fingerprint density at radius 3 is 2.36 bits per heavy atom. The van der Waals surface area contributed by atoms with E-state index in [9.17, 15) is 0 Å². The number of rotatable bonds is 5. The summed E-state index contributed by atoms with van der Waals surface area (Å²) in [6.07, 6.45) is 0. The normalized spacial score (nSPS) is 10.5. The Balaban J connectivity index is 1.66. The zero-order valence-corrected chi connectivity index (χ0v) is 13.4. The summed E-state index contributed by atoms with van der Waals surface area (Å²) >= 11 is 3.38. The van der Waals surface area contributed by atoms with Gasteiger partial charge in [-0.15, -0.1) is 0 Å². The second-order valence-corrected chi connectivity index (χ2v) is 5.40. The highest BCUT2D eigenvalue weighted by molar-refractivity contribution is 9.10. The van der Waals surface area contributed by atoms with Crippen molar-refractivity contribution in [3.63, 3.8) is 0 Å². The summed E-state index contributed by atoms with van der Waals surface area (Å²) < 4.78 is 16.9. The molecule has 0 atom stereocenters. The number of hydrogen-bond donors (Lipinski definition) is 0. The third kappa shape index (κ3) is 3.46. The van der Waals surface area contributed by atoms with Crippen LogP contribution in [-0.2, 0) is 6.61 Å². The van der Waals surface area contributed by atoms with E-state index in [1.807, 2.05) is 48.5 Å². The molecular formula is C16H13BrN2O3. The van der Waals surface area contributed by atoms with E-state index in [0.29, 0.717) is 11.7 Å². The van der Waals surface area contributed by atoms with Crippen LogP contribution in [0.25, 0.3) is 11.4 Å². The fourth-order valence-electron chi connectivity index (χ4n) is 1.85. The van der Waals surface area contributed by atoms with Crippen molar-refractivity contribution in [3.8, 4) is 22.9 Å². The van der Waals surface area contributed by atoms with Gasteiger partial charge in [-0.05, 0) is 48.5 Å². The molecule has 3 aromatic rings. The lowest BCUT2D eigenvalue weighted by atomic mass is 10.2. The average molecular weight is 361 g/mol. The minimum Gasteiger partial charge on any atom is -0.497 e. The van der Waals surface area contributed by atoms with Gasteiger partial charge in [-0.25, -0.2) is 0 Å². The van der Waals surface area contributed by atoms with Crippen LogP contribution in [0.1, 0.15) is 5.89 Å². The van der Waals surface area contributed by atoms with Crippen LogP contribution in [0.5, 0.6) is 11.5 Å². The summed E-state index contributed by atoms with van der Waals surface area (Å²) in [5.41, 5.74) is 0.861. The Morgan fingerprint density at radius 1 is 1.00 bits per heavy atom. The molecule has 112 valence electrons. The molecule has 3 rings (SSSR count). The molecule has 0 spiro atoms. The Hall–Kier alpha value is -2.34. The molecule has 1 heterocycles. The van der Waals surface area contributed by atoms with E-state index in [0.717, 1.165) is 21.5 Å². The number of halogens is 1. The van der Waals surface area contributed by atoms with E-state index in [2.05, 4.69) is 26.1 Å². The second-order valence-electron chi connectivity index (χ2n) is 4.48. The average Bonchev–Trinajstić information content (AvgIpc) is 3.03. The molecule has 5 nitrogen and oxygen atoms in total. The first-order valence-corrected chi connectivity index (χ1v) is 7.39. The Labute approximate surface area is 136 Å². The lowest BCUT2D eigenvalue weighted by Crippen LogP contribution is -1.95. The molecule has 0 aliphatic rings. The van der Waals surface area contributed by atoms with Crippen LogP contribution in [0, 0.1) is 0 Å². The molecule has 0 aliphatic carbocycles. The predicted octanol–water partition coefficient (Wildman–Crippen LogP) is 4.09. The molecule has 6 heteroatoms. The van der Waals surface area contributed by atoms with Gasteiger partial charge in [-0.1, -0.05) is 21.1 Å². The molecule has 0 unspecified atom stereocenters. The highest BCUT2D eigenvalue weighted by Crippen LogP contribution is 2.21. The number of hydrogen-bond acceptors (Lipinski definition) is 5. The third-order valence-corrected chi connectivity index (χ3v) is 3.52. The molecule has 22 heavy (non-hydrogen) atoms. The lowest BCUT2D eigenvalue weighted by molar-refractivity contribution is 0.243. The van der Waals surface area contributed by atoms with Gasteiger partial charge < -0.3 is 14.0 Å². The molecule has 0 fully saturated rings. The molecule has 0 N–H and O–H groups in total. The van der Waals surface area contributed by atoms with E-state index >= 15 is 0 Å².